The Morgan fingerprint density at radius 2 is 1.96 bits per heavy atom. The van der Waals surface area contributed by atoms with E-state index in [0.29, 0.717) is 12.0 Å². The number of rotatable bonds is 2. The number of hydrogen-bond acceptors (Lipinski definition) is 4. The van der Waals surface area contributed by atoms with Crippen LogP contribution < -0.4 is 4.90 Å². The summed E-state index contributed by atoms with van der Waals surface area (Å²) in [6.07, 6.45) is 6.73. The first-order valence-electron chi connectivity index (χ1n) is 8.51. The minimum atomic E-state index is -0.303. The van der Waals surface area contributed by atoms with Crippen molar-refractivity contribution in [3.63, 3.8) is 0 Å². The molecule has 5 nitrogen and oxygen atoms in total. The van der Waals surface area contributed by atoms with Crippen molar-refractivity contribution in [1.29, 1.82) is 0 Å². The van der Waals surface area contributed by atoms with Gasteiger partial charge in [0.2, 0.25) is 5.91 Å². The number of nitrogens with zero attached hydrogens (tertiary/aromatic N) is 2. The van der Waals surface area contributed by atoms with Crippen LogP contribution in [0.2, 0.25) is 0 Å². The fraction of sp³-hybridized carbons (Fsp3) is 0.350. The lowest BCUT2D eigenvalue weighted by atomic mass is 9.71. The van der Waals surface area contributed by atoms with E-state index in [1.807, 2.05) is 35.2 Å². The van der Waals surface area contributed by atoms with Crippen LogP contribution in [0.25, 0.3) is 0 Å². The summed E-state index contributed by atoms with van der Waals surface area (Å²) in [5.74, 6) is -0.121. The molecule has 0 radical (unpaired) electrons. The van der Waals surface area contributed by atoms with Gasteiger partial charge in [0, 0.05) is 36.5 Å². The molecule has 1 aliphatic carbocycles. The van der Waals surface area contributed by atoms with Gasteiger partial charge in [-0.1, -0.05) is 6.07 Å². The number of aryl methyl sites for hydroxylation is 1. The van der Waals surface area contributed by atoms with E-state index >= 15 is 0 Å². The predicted molar refractivity (Wildman–Crippen MR) is 93.4 cm³/mol. The largest absolute Gasteiger partial charge is 0.465 e. The normalized spacial score (nSPS) is 22.1. The number of methoxy groups -OCH3 is 1. The molecule has 25 heavy (non-hydrogen) atoms. The highest BCUT2D eigenvalue weighted by molar-refractivity contribution is 5.96. The molecule has 1 amide bonds. The summed E-state index contributed by atoms with van der Waals surface area (Å²) in [6.45, 7) is 0.744. The van der Waals surface area contributed by atoms with Gasteiger partial charge in [-0.15, -0.1) is 0 Å². The fourth-order valence-corrected chi connectivity index (χ4v) is 4.11. The minimum Gasteiger partial charge on any atom is -0.465 e. The monoisotopic (exact) mass is 336 g/mol. The lowest BCUT2D eigenvalue weighted by Crippen LogP contribution is -2.33. The second-order valence-corrected chi connectivity index (χ2v) is 7.01. The number of aromatic nitrogens is 1. The summed E-state index contributed by atoms with van der Waals surface area (Å²) in [5.41, 5.74) is 3.94. The van der Waals surface area contributed by atoms with E-state index in [9.17, 15) is 9.59 Å². The molecule has 0 unspecified atom stereocenters. The maximum Gasteiger partial charge on any atom is 0.337 e. The van der Waals surface area contributed by atoms with E-state index in [1.54, 1.807) is 12.4 Å². The van der Waals surface area contributed by atoms with Crippen LogP contribution in [-0.4, -0.2) is 30.5 Å². The van der Waals surface area contributed by atoms with Gasteiger partial charge in [0.15, 0.2) is 0 Å². The smallest absolute Gasteiger partial charge is 0.337 e. The summed E-state index contributed by atoms with van der Waals surface area (Å²) in [6, 6.07) is 9.54. The summed E-state index contributed by atoms with van der Waals surface area (Å²) < 4.78 is 4.80. The topological polar surface area (TPSA) is 59.5 Å². The molecule has 128 valence electrons. The van der Waals surface area contributed by atoms with Crippen molar-refractivity contribution >= 4 is 17.6 Å². The van der Waals surface area contributed by atoms with E-state index in [1.165, 1.54) is 18.2 Å². The molecule has 1 aliphatic heterocycles. The number of carbonyl (C=O) groups is 2. The number of benzene rings is 1. The minimum absolute atomic E-state index is 0.0138. The zero-order valence-corrected chi connectivity index (χ0v) is 14.2. The van der Waals surface area contributed by atoms with Crippen LogP contribution in [0.1, 0.15) is 34.3 Å². The van der Waals surface area contributed by atoms with Gasteiger partial charge in [-0.2, -0.15) is 0 Å². The van der Waals surface area contributed by atoms with Crippen LogP contribution in [0.4, 0.5) is 5.69 Å². The van der Waals surface area contributed by atoms with E-state index < -0.39 is 0 Å². The Morgan fingerprint density at radius 1 is 1.16 bits per heavy atom. The van der Waals surface area contributed by atoms with E-state index in [2.05, 4.69) is 4.98 Å². The third-order valence-electron chi connectivity index (χ3n) is 5.41. The number of amides is 1. The summed E-state index contributed by atoms with van der Waals surface area (Å²) >= 11 is 0. The van der Waals surface area contributed by atoms with Crippen molar-refractivity contribution in [1.82, 2.24) is 4.98 Å². The molecule has 5 heteroatoms. The Bertz CT molecular complexity index is 834. The van der Waals surface area contributed by atoms with Crippen molar-refractivity contribution in [3.05, 3.63) is 59.4 Å². The van der Waals surface area contributed by atoms with Gasteiger partial charge in [-0.25, -0.2) is 4.79 Å². The van der Waals surface area contributed by atoms with E-state index in [4.69, 9.17) is 4.74 Å². The number of ether oxygens (including phenoxy) is 1. The summed E-state index contributed by atoms with van der Waals surface area (Å²) in [5, 5.41) is 0. The number of hydrogen-bond donors (Lipinski definition) is 0. The SMILES string of the molecule is COC(=O)c1ccc2c(c1)CC[C@]1(CC(=O)N(c3ccncc3)C1)C2. The lowest BCUT2D eigenvalue weighted by molar-refractivity contribution is -0.117. The highest BCUT2D eigenvalue weighted by atomic mass is 16.5. The van der Waals surface area contributed by atoms with Crippen LogP contribution in [-0.2, 0) is 22.4 Å². The van der Waals surface area contributed by atoms with Crippen molar-refractivity contribution < 1.29 is 14.3 Å². The van der Waals surface area contributed by atoms with Gasteiger partial charge in [0.05, 0.1) is 12.7 Å². The van der Waals surface area contributed by atoms with Crippen LogP contribution in [0.3, 0.4) is 0 Å². The maximum atomic E-state index is 12.6. The molecule has 0 N–H and O–H groups in total. The molecule has 2 aromatic rings. The molecule has 1 aromatic carbocycles. The van der Waals surface area contributed by atoms with Crippen LogP contribution in [0.15, 0.2) is 42.7 Å². The third kappa shape index (κ3) is 2.80. The molecule has 2 heterocycles. The molecular formula is C20H20N2O3. The van der Waals surface area contributed by atoms with Gasteiger partial charge in [0.1, 0.15) is 0 Å². The number of pyridine rings is 1. The second-order valence-electron chi connectivity index (χ2n) is 7.01. The number of fused-ring (bicyclic) bond motifs is 1. The van der Waals surface area contributed by atoms with Gasteiger partial charge in [-0.05, 0) is 54.7 Å². The Morgan fingerprint density at radius 3 is 2.72 bits per heavy atom. The molecule has 1 saturated heterocycles. The quantitative estimate of drug-likeness (QED) is 0.791. The van der Waals surface area contributed by atoms with Crippen molar-refractivity contribution in [2.75, 3.05) is 18.6 Å². The standard InChI is InChI=1S/C20H20N2O3/c1-25-19(24)15-2-3-16-11-20(7-4-14(16)10-15)12-18(23)22(13-20)17-5-8-21-9-6-17/h2-3,5-6,8-10H,4,7,11-13H2,1H3/t20-/m1/s1. The molecular weight excluding hydrogens is 316 g/mol. The Labute approximate surface area is 146 Å². The summed E-state index contributed by atoms with van der Waals surface area (Å²) in [7, 11) is 1.40. The lowest BCUT2D eigenvalue weighted by Gasteiger charge is -2.34. The molecule has 1 aromatic heterocycles. The number of anilines is 1. The zero-order valence-electron chi connectivity index (χ0n) is 14.2. The van der Waals surface area contributed by atoms with Crippen LogP contribution >= 0.6 is 0 Å². The highest BCUT2D eigenvalue weighted by Crippen LogP contribution is 2.44. The maximum absolute atomic E-state index is 12.6. The number of carbonyl (C=O) groups excluding carboxylic acids is 2. The van der Waals surface area contributed by atoms with Gasteiger partial charge < -0.3 is 9.64 Å². The first kappa shape index (κ1) is 15.8. The second kappa shape index (κ2) is 5.99. The molecule has 1 spiro atoms. The molecule has 4 rings (SSSR count). The Kier molecular flexibility index (Phi) is 3.79. The van der Waals surface area contributed by atoms with Gasteiger partial charge in [0.25, 0.3) is 0 Å². The third-order valence-corrected chi connectivity index (χ3v) is 5.41. The van der Waals surface area contributed by atoms with E-state index in [0.717, 1.165) is 31.5 Å². The molecule has 2 aliphatic rings. The fourth-order valence-electron chi connectivity index (χ4n) is 4.11. The molecule has 0 bridgehead atoms. The van der Waals surface area contributed by atoms with Crippen LogP contribution in [0.5, 0.6) is 0 Å². The average Bonchev–Trinajstić information content (AvgIpc) is 2.97. The van der Waals surface area contributed by atoms with E-state index in [-0.39, 0.29) is 17.3 Å². The van der Waals surface area contributed by atoms with Gasteiger partial charge >= 0.3 is 5.97 Å². The first-order valence-corrected chi connectivity index (χ1v) is 8.51. The van der Waals surface area contributed by atoms with Crippen molar-refractivity contribution in [2.24, 2.45) is 5.41 Å². The highest BCUT2D eigenvalue weighted by Gasteiger charge is 2.45. The number of esters is 1. The molecule has 0 saturated carbocycles. The summed E-state index contributed by atoms with van der Waals surface area (Å²) in [4.78, 5) is 30.2. The average molecular weight is 336 g/mol. The van der Waals surface area contributed by atoms with Crippen molar-refractivity contribution in [2.45, 2.75) is 25.7 Å². The zero-order chi connectivity index (χ0) is 17.4. The predicted octanol–water partition coefficient (Wildman–Crippen LogP) is 2.78. The first-order chi connectivity index (χ1) is 12.1. The van der Waals surface area contributed by atoms with Crippen molar-refractivity contribution in [3.8, 4) is 0 Å². The Hall–Kier alpha value is -2.69. The molecule has 1 fully saturated rings. The Balaban J connectivity index is 1.58. The van der Waals surface area contributed by atoms with Crippen LogP contribution in [0, 0.1) is 5.41 Å². The van der Waals surface area contributed by atoms with Gasteiger partial charge in [-0.3, -0.25) is 9.78 Å². The molecule has 1 atom stereocenters.